The van der Waals surface area contributed by atoms with Crippen molar-refractivity contribution in [2.24, 2.45) is 11.3 Å². The number of hydrogen-bond acceptors (Lipinski definition) is 2. The van der Waals surface area contributed by atoms with E-state index in [1.165, 1.54) is 12.8 Å². The predicted molar refractivity (Wildman–Crippen MR) is 71.9 cm³/mol. The zero-order valence-electron chi connectivity index (χ0n) is 11.9. The maximum absolute atomic E-state index is 12.5. The molecule has 108 valence electrons. The smallest absolute Gasteiger partial charge is 0.320 e. The summed E-state index contributed by atoms with van der Waals surface area (Å²) in [6.45, 7) is 6.28. The molecular weight excluding hydrogens is 244 g/mol. The van der Waals surface area contributed by atoms with E-state index in [4.69, 9.17) is 0 Å². The van der Waals surface area contributed by atoms with Crippen molar-refractivity contribution < 1.29 is 14.7 Å². The highest BCUT2D eigenvalue weighted by atomic mass is 16.4. The van der Waals surface area contributed by atoms with Gasteiger partial charge in [0, 0.05) is 26.2 Å². The minimum absolute atomic E-state index is 0.0153. The van der Waals surface area contributed by atoms with Gasteiger partial charge in [0.25, 0.3) is 0 Å². The van der Waals surface area contributed by atoms with Crippen LogP contribution in [0.5, 0.6) is 0 Å². The van der Waals surface area contributed by atoms with Gasteiger partial charge in [0.1, 0.15) is 0 Å². The largest absolute Gasteiger partial charge is 0.481 e. The fourth-order valence-corrected chi connectivity index (χ4v) is 2.73. The van der Waals surface area contributed by atoms with E-state index in [1.807, 2.05) is 11.8 Å². The lowest BCUT2D eigenvalue weighted by molar-refractivity contribution is -0.150. The number of carboxylic acid groups (broad SMARTS) is 1. The number of amides is 2. The highest BCUT2D eigenvalue weighted by Gasteiger charge is 2.40. The van der Waals surface area contributed by atoms with Gasteiger partial charge in [0.15, 0.2) is 0 Å². The van der Waals surface area contributed by atoms with Crippen LogP contribution in [0.2, 0.25) is 0 Å². The Hall–Kier alpha value is -1.26. The Morgan fingerprint density at radius 1 is 1.42 bits per heavy atom. The van der Waals surface area contributed by atoms with Crippen LogP contribution in [0.4, 0.5) is 4.79 Å². The molecule has 0 bridgehead atoms. The number of hydrogen-bond donors (Lipinski definition) is 1. The third-order valence-corrected chi connectivity index (χ3v) is 4.31. The number of carbonyl (C=O) groups is 2. The normalized spacial score (nSPS) is 27.2. The van der Waals surface area contributed by atoms with Crippen molar-refractivity contribution in [2.45, 2.75) is 39.5 Å². The first kappa shape index (κ1) is 14.2. The molecule has 1 N–H and O–H groups in total. The molecule has 5 heteroatoms. The first-order valence-electron chi connectivity index (χ1n) is 7.23. The van der Waals surface area contributed by atoms with E-state index in [9.17, 15) is 14.7 Å². The maximum Gasteiger partial charge on any atom is 0.320 e. The van der Waals surface area contributed by atoms with Gasteiger partial charge in [-0.2, -0.15) is 0 Å². The van der Waals surface area contributed by atoms with Gasteiger partial charge in [0.2, 0.25) is 0 Å². The van der Waals surface area contributed by atoms with E-state index in [0.717, 1.165) is 13.0 Å². The summed E-state index contributed by atoms with van der Waals surface area (Å²) in [6.07, 6.45) is 3.86. The minimum atomic E-state index is -0.796. The van der Waals surface area contributed by atoms with Crippen LogP contribution in [0, 0.1) is 11.3 Å². The van der Waals surface area contributed by atoms with Crippen LogP contribution in [0.15, 0.2) is 0 Å². The van der Waals surface area contributed by atoms with Crippen molar-refractivity contribution in [2.75, 3.05) is 26.2 Å². The molecule has 2 amide bonds. The molecule has 2 fully saturated rings. The first-order valence-corrected chi connectivity index (χ1v) is 7.23. The van der Waals surface area contributed by atoms with Crippen LogP contribution in [-0.4, -0.2) is 53.1 Å². The van der Waals surface area contributed by atoms with Gasteiger partial charge in [-0.3, -0.25) is 4.79 Å². The number of urea groups is 1. The lowest BCUT2D eigenvalue weighted by Gasteiger charge is -2.39. The topological polar surface area (TPSA) is 60.9 Å². The lowest BCUT2D eigenvalue weighted by Crippen LogP contribution is -2.52. The SMILES string of the molecule is CCN(CC1CC1)C(=O)N1CCCC(C)(C(=O)O)C1. The van der Waals surface area contributed by atoms with Gasteiger partial charge in [-0.1, -0.05) is 0 Å². The molecule has 1 aliphatic heterocycles. The van der Waals surface area contributed by atoms with Crippen LogP contribution in [-0.2, 0) is 4.79 Å². The molecule has 1 saturated carbocycles. The maximum atomic E-state index is 12.5. The summed E-state index contributed by atoms with van der Waals surface area (Å²) < 4.78 is 0. The number of rotatable bonds is 4. The summed E-state index contributed by atoms with van der Waals surface area (Å²) in [4.78, 5) is 27.4. The summed E-state index contributed by atoms with van der Waals surface area (Å²) in [5.41, 5.74) is -0.785. The van der Waals surface area contributed by atoms with Crippen LogP contribution in [0.3, 0.4) is 0 Å². The van der Waals surface area contributed by atoms with E-state index < -0.39 is 11.4 Å². The molecule has 5 nitrogen and oxygen atoms in total. The van der Waals surface area contributed by atoms with E-state index in [0.29, 0.717) is 32.0 Å². The monoisotopic (exact) mass is 268 g/mol. The Balaban J connectivity index is 1.98. The average molecular weight is 268 g/mol. The van der Waals surface area contributed by atoms with Gasteiger partial charge >= 0.3 is 12.0 Å². The summed E-state index contributed by atoms with van der Waals surface area (Å²) in [5, 5.41) is 9.30. The number of carbonyl (C=O) groups excluding carboxylic acids is 1. The third-order valence-electron chi connectivity index (χ3n) is 4.31. The molecule has 1 unspecified atom stereocenters. The van der Waals surface area contributed by atoms with Crippen LogP contribution in [0.1, 0.15) is 39.5 Å². The molecule has 0 aromatic rings. The van der Waals surface area contributed by atoms with Gasteiger partial charge < -0.3 is 14.9 Å². The van der Waals surface area contributed by atoms with Gasteiger partial charge in [-0.05, 0) is 45.4 Å². The van der Waals surface area contributed by atoms with Crippen molar-refractivity contribution in [1.82, 2.24) is 9.80 Å². The van der Waals surface area contributed by atoms with Gasteiger partial charge in [-0.25, -0.2) is 4.79 Å². The van der Waals surface area contributed by atoms with Gasteiger partial charge in [0.05, 0.1) is 5.41 Å². The van der Waals surface area contributed by atoms with E-state index in [-0.39, 0.29) is 6.03 Å². The Morgan fingerprint density at radius 2 is 2.11 bits per heavy atom. The number of aliphatic carboxylic acids is 1. The molecular formula is C14H24N2O3. The number of carboxylic acids is 1. The highest BCUT2D eigenvalue weighted by Crippen LogP contribution is 2.32. The van der Waals surface area contributed by atoms with Crippen molar-refractivity contribution in [1.29, 1.82) is 0 Å². The molecule has 1 aliphatic carbocycles. The van der Waals surface area contributed by atoms with Crippen LogP contribution in [0.25, 0.3) is 0 Å². The predicted octanol–water partition coefficient (Wildman–Crippen LogP) is 2.03. The van der Waals surface area contributed by atoms with E-state index in [2.05, 4.69) is 0 Å². The molecule has 19 heavy (non-hydrogen) atoms. The molecule has 0 aromatic heterocycles. The average Bonchev–Trinajstić information content (AvgIpc) is 3.19. The van der Waals surface area contributed by atoms with Crippen LogP contribution >= 0.6 is 0 Å². The van der Waals surface area contributed by atoms with Crippen LogP contribution < -0.4 is 0 Å². The molecule has 2 rings (SSSR count). The summed E-state index contributed by atoms with van der Waals surface area (Å²) in [7, 11) is 0. The number of piperidine rings is 1. The summed E-state index contributed by atoms with van der Waals surface area (Å²) in [6, 6.07) is 0.0153. The van der Waals surface area contributed by atoms with Crippen molar-refractivity contribution in [3.63, 3.8) is 0 Å². The van der Waals surface area contributed by atoms with Crippen molar-refractivity contribution >= 4 is 12.0 Å². The van der Waals surface area contributed by atoms with E-state index >= 15 is 0 Å². The number of nitrogens with zero attached hydrogens (tertiary/aromatic N) is 2. The summed E-state index contributed by atoms with van der Waals surface area (Å²) >= 11 is 0. The number of likely N-dealkylation sites (tertiary alicyclic amines) is 1. The quantitative estimate of drug-likeness (QED) is 0.848. The zero-order valence-corrected chi connectivity index (χ0v) is 11.9. The molecule has 0 spiro atoms. The minimum Gasteiger partial charge on any atom is -0.481 e. The Labute approximate surface area is 114 Å². The van der Waals surface area contributed by atoms with Crippen molar-refractivity contribution in [3.8, 4) is 0 Å². The molecule has 1 atom stereocenters. The second kappa shape index (κ2) is 5.39. The third kappa shape index (κ3) is 3.19. The molecule has 1 saturated heterocycles. The fourth-order valence-electron chi connectivity index (χ4n) is 2.73. The fraction of sp³-hybridized carbons (Fsp3) is 0.857. The summed E-state index contributed by atoms with van der Waals surface area (Å²) in [5.74, 6) is -0.130. The van der Waals surface area contributed by atoms with E-state index in [1.54, 1.807) is 11.8 Å². The lowest BCUT2D eigenvalue weighted by atomic mass is 9.82. The Kier molecular flexibility index (Phi) is 4.02. The Morgan fingerprint density at radius 3 is 2.63 bits per heavy atom. The second-order valence-electron chi connectivity index (χ2n) is 6.16. The molecule has 2 aliphatic rings. The van der Waals surface area contributed by atoms with Gasteiger partial charge in [-0.15, -0.1) is 0 Å². The molecule has 0 radical (unpaired) electrons. The van der Waals surface area contributed by atoms with Crippen molar-refractivity contribution in [3.05, 3.63) is 0 Å². The second-order valence-corrected chi connectivity index (χ2v) is 6.16. The first-order chi connectivity index (χ1) is 8.96. The molecule has 0 aromatic carbocycles. The zero-order chi connectivity index (χ0) is 14.0. The Bertz CT molecular complexity index is 368. The molecule has 1 heterocycles. The highest BCUT2D eigenvalue weighted by molar-refractivity contribution is 5.78. The standard InChI is InChI=1S/C14H24N2O3/c1-3-15(9-11-5-6-11)13(19)16-8-4-7-14(2,10-16)12(17)18/h11H,3-10H2,1-2H3,(H,17,18).